The Labute approximate surface area is 130 Å². The molecule has 1 heterocycles. The van der Waals surface area contributed by atoms with Crippen molar-refractivity contribution < 1.29 is 4.52 Å². The predicted octanol–water partition coefficient (Wildman–Crippen LogP) is 3.68. The Balaban J connectivity index is 1.65. The summed E-state index contributed by atoms with van der Waals surface area (Å²) >= 11 is 0. The van der Waals surface area contributed by atoms with Crippen molar-refractivity contribution in [2.75, 3.05) is 7.05 Å². The van der Waals surface area contributed by atoms with Crippen LogP contribution in [0.15, 0.2) is 59.1 Å². The van der Waals surface area contributed by atoms with Gasteiger partial charge in [-0.3, -0.25) is 4.90 Å². The van der Waals surface area contributed by atoms with Gasteiger partial charge in [-0.05, 0) is 19.5 Å². The monoisotopic (exact) mass is 293 g/mol. The number of hydrogen-bond donors (Lipinski definition) is 0. The summed E-state index contributed by atoms with van der Waals surface area (Å²) in [6.45, 7) is 3.54. The smallest absolute Gasteiger partial charge is 0.241 e. The third-order valence-electron chi connectivity index (χ3n) is 3.48. The lowest BCUT2D eigenvalue weighted by atomic mass is 10.1. The van der Waals surface area contributed by atoms with Crippen LogP contribution < -0.4 is 0 Å². The molecule has 0 spiro atoms. The van der Waals surface area contributed by atoms with Crippen molar-refractivity contribution >= 4 is 0 Å². The highest BCUT2D eigenvalue weighted by Crippen LogP contribution is 2.17. The first-order valence-electron chi connectivity index (χ1n) is 7.33. The summed E-state index contributed by atoms with van der Waals surface area (Å²) in [6, 6.07) is 18.5. The molecule has 0 aliphatic rings. The van der Waals surface area contributed by atoms with Crippen molar-refractivity contribution in [2.24, 2.45) is 0 Å². The highest BCUT2D eigenvalue weighted by Gasteiger charge is 2.10. The molecule has 0 unspecified atom stereocenters. The first-order chi connectivity index (χ1) is 10.7. The van der Waals surface area contributed by atoms with E-state index < -0.39 is 0 Å². The zero-order valence-corrected chi connectivity index (χ0v) is 12.9. The van der Waals surface area contributed by atoms with Crippen LogP contribution in [0.25, 0.3) is 11.4 Å². The van der Waals surface area contributed by atoms with Crippen molar-refractivity contribution in [3.05, 3.63) is 71.6 Å². The third kappa shape index (κ3) is 3.59. The van der Waals surface area contributed by atoms with Gasteiger partial charge in [-0.2, -0.15) is 4.98 Å². The van der Waals surface area contributed by atoms with Crippen LogP contribution in [-0.2, 0) is 13.1 Å². The molecule has 22 heavy (non-hydrogen) atoms. The number of benzene rings is 2. The van der Waals surface area contributed by atoms with Crippen molar-refractivity contribution in [3.63, 3.8) is 0 Å². The van der Waals surface area contributed by atoms with Crippen molar-refractivity contribution in [1.29, 1.82) is 0 Å². The maximum Gasteiger partial charge on any atom is 0.241 e. The Bertz CT molecular complexity index is 720. The molecule has 0 bridgehead atoms. The third-order valence-corrected chi connectivity index (χ3v) is 3.48. The van der Waals surface area contributed by atoms with E-state index in [1.807, 2.05) is 49.5 Å². The summed E-state index contributed by atoms with van der Waals surface area (Å²) in [5, 5.41) is 4.06. The second-order valence-corrected chi connectivity index (χ2v) is 5.54. The lowest BCUT2D eigenvalue weighted by Gasteiger charge is -2.13. The molecule has 4 heteroatoms. The van der Waals surface area contributed by atoms with Gasteiger partial charge in [0.1, 0.15) is 0 Å². The van der Waals surface area contributed by atoms with E-state index in [-0.39, 0.29) is 0 Å². The Hall–Kier alpha value is -2.46. The van der Waals surface area contributed by atoms with Gasteiger partial charge >= 0.3 is 0 Å². The minimum Gasteiger partial charge on any atom is -0.338 e. The normalized spacial score (nSPS) is 11.0. The molecule has 0 aliphatic carbocycles. The summed E-state index contributed by atoms with van der Waals surface area (Å²) in [6.07, 6.45) is 0. The molecule has 0 amide bonds. The fourth-order valence-corrected chi connectivity index (χ4v) is 2.32. The number of aryl methyl sites for hydroxylation is 1. The maximum atomic E-state index is 5.35. The van der Waals surface area contributed by atoms with Gasteiger partial charge in [-0.1, -0.05) is 65.3 Å². The van der Waals surface area contributed by atoms with Crippen molar-refractivity contribution in [3.8, 4) is 11.4 Å². The van der Waals surface area contributed by atoms with E-state index >= 15 is 0 Å². The van der Waals surface area contributed by atoms with Gasteiger partial charge in [0.25, 0.3) is 0 Å². The zero-order chi connectivity index (χ0) is 15.4. The topological polar surface area (TPSA) is 42.2 Å². The molecule has 0 saturated carbocycles. The van der Waals surface area contributed by atoms with Crippen molar-refractivity contribution in [1.82, 2.24) is 15.0 Å². The summed E-state index contributed by atoms with van der Waals surface area (Å²) in [4.78, 5) is 6.63. The summed E-state index contributed by atoms with van der Waals surface area (Å²) < 4.78 is 5.35. The van der Waals surface area contributed by atoms with Gasteiger partial charge in [0, 0.05) is 12.1 Å². The molecule has 0 radical (unpaired) electrons. The van der Waals surface area contributed by atoms with Gasteiger partial charge < -0.3 is 4.52 Å². The second-order valence-electron chi connectivity index (χ2n) is 5.54. The van der Waals surface area contributed by atoms with Crippen LogP contribution >= 0.6 is 0 Å². The highest BCUT2D eigenvalue weighted by atomic mass is 16.5. The zero-order valence-electron chi connectivity index (χ0n) is 12.9. The highest BCUT2D eigenvalue weighted by molar-refractivity contribution is 5.54. The molecule has 3 rings (SSSR count). The number of aromatic nitrogens is 2. The minimum absolute atomic E-state index is 0.633. The van der Waals surface area contributed by atoms with Crippen LogP contribution in [0.4, 0.5) is 0 Å². The number of nitrogens with zero attached hydrogens (tertiary/aromatic N) is 3. The molecule has 2 aromatic carbocycles. The van der Waals surface area contributed by atoms with Crippen molar-refractivity contribution in [2.45, 2.75) is 20.0 Å². The Morgan fingerprint density at radius 1 is 0.955 bits per heavy atom. The average Bonchev–Trinajstić information content (AvgIpc) is 2.97. The predicted molar refractivity (Wildman–Crippen MR) is 86.1 cm³/mol. The van der Waals surface area contributed by atoms with Gasteiger partial charge in [0.05, 0.1) is 6.54 Å². The first-order valence-corrected chi connectivity index (χ1v) is 7.33. The summed E-state index contributed by atoms with van der Waals surface area (Å²) in [5.74, 6) is 1.28. The van der Waals surface area contributed by atoms with E-state index in [1.54, 1.807) is 0 Å². The van der Waals surface area contributed by atoms with E-state index in [0.717, 1.165) is 12.1 Å². The fraction of sp³-hybridized carbons (Fsp3) is 0.222. The van der Waals surface area contributed by atoms with E-state index in [1.165, 1.54) is 11.1 Å². The molecule has 112 valence electrons. The van der Waals surface area contributed by atoms with E-state index in [0.29, 0.717) is 18.3 Å². The average molecular weight is 293 g/mol. The fourth-order valence-electron chi connectivity index (χ4n) is 2.32. The van der Waals surface area contributed by atoms with Crippen LogP contribution in [0.1, 0.15) is 17.0 Å². The standard InChI is InChI=1S/C18H19N3O/c1-14-8-10-16(11-9-14)18-19-17(22-20-18)13-21(2)12-15-6-4-3-5-7-15/h3-11H,12-13H2,1-2H3. The van der Waals surface area contributed by atoms with Gasteiger partial charge in [0.15, 0.2) is 0 Å². The molecular formula is C18H19N3O. The quantitative estimate of drug-likeness (QED) is 0.719. The number of hydrogen-bond acceptors (Lipinski definition) is 4. The molecule has 0 fully saturated rings. The largest absolute Gasteiger partial charge is 0.338 e. The Morgan fingerprint density at radius 3 is 2.41 bits per heavy atom. The van der Waals surface area contributed by atoms with Crippen LogP contribution in [-0.4, -0.2) is 22.1 Å². The summed E-state index contributed by atoms with van der Waals surface area (Å²) in [5.41, 5.74) is 3.46. The molecule has 0 aliphatic heterocycles. The lowest BCUT2D eigenvalue weighted by Crippen LogP contribution is -2.17. The number of rotatable bonds is 5. The lowest BCUT2D eigenvalue weighted by molar-refractivity contribution is 0.261. The minimum atomic E-state index is 0.633. The first kappa shape index (κ1) is 14.5. The SMILES string of the molecule is Cc1ccc(-c2noc(CN(C)Cc3ccccc3)n2)cc1. The maximum absolute atomic E-state index is 5.35. The van der Waals surface area contributed by atoms with Crippen LogP contribution in [0.3, 0.4) is 0 Å². The molecule has 0 atom stereocenters. The molecule has 1 aromatic heterocycles. The Morgan fingerprint density at radius 2 is 1.68 bits per heavy atom. The molecular weight excluding hydrogens is 274 g/mol. The molecule has 3 aromatic rings. The van der Waals surface area contributed by atoms with Crippen LogP contribution in [0, 0.1) is 6.92 Å². The van der Waals surface area contributed by atoms with Gasteiger partial charge in [0.2, 0.25) is 11.7 Å². The van der Waals surface area contributed by atoms with E-state index in [9.17, 15) is 0 Å². The molecule has 4 nitrogen and oxygen atoms in total. The van der Waals surface area contributed by atoms with E-state index in [2.05, 4.69) is 34.1 Å². The molecule has 0 saturated heterocycles. The van der Waals surface area contributed by atoms with Crippen LogP contribution in [0.2, 0.25) is 0 Å². The summed E-state index contributed by atoms with van der Waals surface area (Å²) in [7, 11) is 2.04. The van der Waals surface area contributed by atoms with E-state index in [4.69, 9.17) is 4.52 Å². The van der Waals surface area contributed by atoms with Gasteiger partial charge in [-0.25, -0.2) is 0 Å². The second kappa shape index (κ2) is 6.54. The molecule has 0 N–H and O–H groups in total. The Kier molecular flexibility index (Phi) is 4.30. The van der Waals surface area contributed by atoms with Crippen LogP contribution in [0.5, 0.6) is 0 Å². The van der Waals surface area contributed by atoms with Gasteiger partial charge in [-0.15, -0.1) is 0 Å².